The largest absolute Gasteiger partial charge is 0.494 e. The molecule has 156 valence electrons. The van der Waals surface area contributed by atoms with Crippen molar-refractivity contribution in [2.45, 2.75) is 46.6 Å². The molecule has 0 atom stereocenters. The van der Waals surface area contributed by atoms with Crippen LogP contribution in [0.25, 0.3) is 5.69 Å². The second-order valence-electron chi connectivity index (χ2n) is 7.67. The van der Waals surface area contributed by atoms with Gasteiger partial charge in [0.25, 0.3) is 0 Å². The minimum atomic E-state index is 0.0810. The Bertz CT molecular complexity index is 1090. The zero-order valence-corrected chi connectivity index (χ0v) is 18.0. The quantitative estimate of drug-likeness (QED) is 0.652. The third-order valence-electron chi connectivity index (χ3n) is 5.54. The summed E-state index contributed by atoms with van der Waals surface area (Å²) in [6, 6.07) is 8.11. The van der Waals surface area contributed by atoms with Crippen LogP contribution in [0.2, 0.25) is 0 Å². The van der Waals surface area contributed by atoms with E-state index in [2.05, 4.69) is 28.1 Å². The average molecular weight is 406 g/mol. The Morgan fingerprint density at radius 3 is 2.80 bits per heavy atom. The highest BCUT2D eigenvalue weighted by atomic mass is 16.5. The molecule has 2 aromatic heterocycles. The molecule has 0 saturated carbocycles. The van der Waals surface area contributed by atoms with Crippen molar-refractivity contribution < 1.29 is 9.53 Å². The van der Waals surface area contributed by atoms with Crippen LogP contribution >= 0.6 is 0 Å². The Labute approximate surface area is 176 Å². The molecular formula is C23H27N5O2. The molecule has 0 unspecified atom stereocenters. The van der Waals surface area contributed by atoms with Gasteiger partial charge in [-0.2, -0.15) is 5.10 Å². The Morgan fingerprint density at radius 1 is 1.23 bits per heavy atom. The van der Waals surface area contributed by atoms with Gasteiger partial charge in [0, 0.05) is 31.3 Å². The SMILES string of the molecule is CCc1cc(C)nc(Cc2ccc(OC)c(-n3ncc4c3CN(C(C)=O)CC4)c2)n1. The van der Waals surface area contributed by atoms with Gasteiger partial charge in [0.1, 0.15) is 17.3 Å². The predicted octanol–water partition coefficient (Wildman–Crippen LogP) is 3.04. The van der Waals surface area contributed by atoms with Crippen LogP contribution in [0.3, 0.4) is 0 Å². The summed E-state index contributed by atoms with van der Waals surface area (Å²) in [5, 5.41) is 4.63. The first-order chi connectivity index (χ1) is 14.5. The van der Waals surface area contributed by atoms with Crippen molar-refractivity contribution in [1.82, 2.24) is 24.6 Å². The molecular weight excluding hydrogens is 378 g/mol. The number of fused-ring (bicyclic) bond motifs is 1. The van der Waals surface area contributed by atoms with Crippen LogP contribution < -0.4 is 4.74 Å². The number of ether oxygens (including phenoxy) is 1. The molecule has 7 nitrogen and oxygen atoms in total. The Hall–Kier alpha value is -3.22. The predicted molar refractivity (Wildman–Crippen MR) is 114 cm³/mol. The van der Waals surface area contributed by atoms with Gasteiger partial charge in [0.05, 0.1) is 25.5 Å². The van der Waals surface area contributed by atoms with Crippen molar-refractivity contribution in [3.8, 4) is 11.4 Å². The van der Waals surface area contributed by atoms with Crippen LogP contribution in [-0.4, -0.2) is 44.2 Å². The smallest absolute Gasteiger partial charge is 0.219 e. The van der Waals surface area contributed by atoms with Crippen molar-refractivity contribution in [2.24, 2.45) is 0 Å². The lowest BCUT2D eigenvalue weighted by atomic mass is 10.1. The number of benzene rings is 1. The summed E-state index contributed by atoms with van der Waals surface area (Å²) < 4.78 is 7.53. The molecule has 3 heterocycles. The Balaban J connectivity index is 1.71. The fraction of sp³-hybridized carbons (Fsp3) is 0.391. The topological polar surface area (TPSA) is 73.1 Å². The summed E-state index contributed by atoms with van der Waals surface area (Å²) in [5.41, 5.74) is 6.20. The zero-order valence-electron chi connectivity index (χ0n) is 18.0. The molecule has 1 aliphatic heterocycles. The molecule has 0 bridgehead atoms. The van der Waals surface area contributed by atoms with Gasteiger partial charge in [-0.25, -0.2) is 14.6 Å². The normalized spacial score (nSPS) is 13.3. The van der Waals surface area contributed by atoms with Crippen molar-refractivity contribution in [2.75, 3.05) is 13.7 Å². The van der Waals surface area contributed by atoms with Crippen molar-refractivity contribution in [3.05, 3.63) is 64.5 Å². The van der Waals surface area contributed by atoms with E-state index >= 15 is 0 Å². The van der Waals surface area contributed by atoms with E-state index < -0.39 is 0 Å². The van der Waals surface area contributed by atoms with Gasteiger partial charge in [-0.15, -0.1) is 0 Å². The van der Waals surface area contributed by atoms with E-state index in [-0.39, 0.29) is 5.91 Å². The molecule has 7 heteroatoms. The van der Waals surface area contributed by atoms with Gasteiger partial charge in [-0.05, 0) is 49.1 Å². The van der Waals surface area contributed by atoms with E-state index in [9.17, 15) is 4.79 Å². The van der Waals surface area contributed by atoms with Crippen LogP contribution in [0, 0.1) is 6.92 Å². The summed E-state index contributed by atoms with van der Waals surface area (Å²) in [5.74, 6) is 1.63. The molecule has 1 aliphatic rings. The molecule has 30 heavy (non-hydrogen) atoms. The number of aryl methyl sites for hydroxylation is 2. The highest BCUT2D eigenvalue weighted by molar-refractivity contribution is 5.73. The standard InChI is InChI=1S/C23H27N5O2/c1-5-19-10-15(2)25-23(26-19)12-17-6-7-22(30-4)20(11-17)28-21-14-27(16(3)29)9-8-18(21)13-24-28/h6-7,10-11,13H,5,8-9,12,14H2,1-4H3. The maximum Gasteiger partial charge on any atom is 0.219 e. The Morgan fingerprint density at radius 2 is 2.07 bits per heavy atom. The highest BCUT2D eigenvalue weighted by Crippen LogP contribution is 2.29. The molecule has 0 radical (unpaired) electrons. The first kappa shape index (κ1) is 20.1. The summed E-state index contributed by atoms with van der Waals surface area (Å²) in [4.78, 5) is 23.0. The van der Waals surface area contributed by atoms with Gasteiger partial charge in [0.15, 0.2) is 0 Å². The van der Waals surface area contributed by atoms with Gasteiger partial charge in [-0.3, -0.25) is 4.79 Å². The van der Waals surface area contributed by atoms with E-state index in [4.69, 9.17) is 4.74 Å². The van der Waals surface area contributed by atoms with E-state index in [1.54, 1.807) is 14.0 Å². The van der Waals surface area contributed by atoms with E-state index in [1.807, 2.05) is 40.9 Å². The summed E-state index contributed by atoms with van der Waals surface area (Å²) in [6.45, 7) is 7.00. The lowest BCUT2D eigenvalue weighted by Gasteiger charge is -2.27. The minimum Gasteiger partial charge on any atom is -0.494 e. The average Bonchev–Trinajstić information content (AvgIpc) is 3.16. The monoisotopic (exact) mass is 405 g/mol. The maximum atomic E-state index is 11.9. The number of carbonyl (C=O) groups is 1. The molecule has 0 saturated heterocycles. The van der Waals surface area contributed by atoms with E-state index in [0.717, 1.165) is 59.3 Å². The zero-order chi connectivity index (χ0) is 21.3. The van der Waals surface area contributed by atoms with Gasteiger partial charge in [-0.1, -0.05) is 13.0 Å². The van der Waals surface area contributed by atoms with Gasteiger partial charge < -0.3 is 9.64 Å². The maximum absolute atomic E-state index is 11.9. The first-order valence-corrected chi connectivity index (χ1v) is 10.3. The molecule has 0 N–H and O–H groups in total. The number of hydrogen-bond donors (Lipinski definition) is 0. The summed E-state index contributed by atoms with van der Waals surface area (Å²) in [6.07, 6.45) is 4.23. The van der Waals surface area contributed by atoms with Crippen LogP contribution in [0.15, 0.2) is 30.5 Å². The fourth-order valence-corrected chi connectivity index (χ4v) is 3.93. The van der Waals surface area contributed by atoms with Crippen LogP contribution in [0.1, 0.15) is 47.9 Å². The number of rotatable bonds is 5. The first-order valence-electron chi connectivity index (χ1n) is 10.3. The molecule has 3 aromatic rings. The molecule has 0 spiro atoms. The Kier molecular flexibility index (Phi) is 5.53. The van der Waals surface area contributed by atoms with Crippen LogP contribution in [0.4, 0.5) is 0 Å². The van der Waals surface area contributed by atoms with Gasteiger partial charge >= 0.3 is 0 Å². The molecule has 0 aliphatic carbocycles. The number of amides is 1. The molecule has 0 fully saturated rings. The van der Waals surface area contributed by atoms with E-state index in [1.165, 1.54) is 5.56 Å². The summed E-state index contributed by atoms with van der Waals surface area (Å²) >= 11 is 0. The number of hydrogen-bond acceptors (Lipinski definition) is 5. The van der Waals surface area contributed by atoms with Crippen molar-refractivity contribution >= 4 is 5.91 Å². The van der Waals surface area contributed by atoms with Crippen LogP contribution in [-0.2, 0) is 30.6 Å². The highest BCUT2D eigenvalue weighted by Gasteiger charge is 2.24. The number of methoxy groups -OCH3 is 1. The van der Waals surface area contributed by atoms with E-state index in [0.29, 0.717) is 13.0 Å². The summed E-state index contributed by atoms with van der Waals surface area (Å²) in [7, 11) is 1.66. The molecule has 1 amide bonds. The number of carbonyl (C=O) groups excluding carboxylic acids is 1. The lowest BCUT2D eigenvalue weighted by molar-refractivity contribution is -0.129. The second kappa shape index (κ2) is 8.26. The third-order valence-corrected chi connectivity index (χ3v) is 5.54. The fourth-order valence-electron chi connectivity index (χ4n) is 3.93. The van der Waals surface area contributed by atoms with Crippen molar-refractivity contribution in [1.29, 1.82) is 0 Å². The lowest BCUT2D eigenvalue weighted by Crippen LogP contribution is -2.34. The second-order valence-corrected chi connectivity index (χ2v) is 7.67. The van der Waals surface area contributed by atoms with Crippen molar-refractivity contribution in [3.63, 3.8) is 0 Å². The number of nitrogens with zero attached hydrogens (tertiary/aromatic N) is 5. The molecule has 4 rings (SSSR count). The number of aromatic nitrogens is 4. The molecule has 1 aromatic carbocycles. The third kappa shape index (κ3) is 3.92. The van der Waals surface area contributed by atoms with Gasteiger partial charge in [0.2, 0.25) is 5.91 Å². The minimum absolute atomic E-state index is 0.0810. The van der Waals surface area contributed by atoms with Crippen LogP contribution in [0.5, 0.6) is 5.75 Å².